The van der Waals surface area contributed by atoms with E-state index in [-0.39, 0.29) is 0 Å². The van der Waals surface area contributed by atoms with Crippen LogP contribution in [0, 0.1) is 0 Å². The highest BCUT2D eigenvalue weighted by Gasteiger charge is 2.29. The molecule has 0 atom stereocenters. The van der Waals surface area contributed by atoms with Gasteiger partial charge in [0.15, 0.2) is 5.13 Å². The quantitative estimate of drug-likeness (QED) is 0.928. The molecule has 0 amide bonds. The van der Waals surface area contributed by atoms with Gasteiger partial charge in [0.25, 0.3) is 0 Å². The molecule has 18 heavy (non-hydrogen) atoms. The van der Waals surface area contributed by atoms with Gasteiger partial charge < -0.3 is 5.73 Å². The average molecular weight is 272 g/mol. The molecule has 2 N–H and O–H groups in total. The minimum atomic E-state index is -4.28. The zero-order chi connectivity index (χ0) is 13.2. The zero-order valence-corrected chi connectivity index (χ0v) is 10.2. The maximum absolute atomic E-state index is 12.4. The molecule has 0 unspecified atom stereocenters. The lowest BCUT2D eigenvalue weighted by atomic mass is 10.1. The van der Waals surface area contributed by atoms with E-state index in [1.54, 1.807) is 0 Å². The first-order valence-corrected chi connectivity index (χ1v) is 6.19. The van der Waals surface area contributed by atoms with Crippen LogP contribution in [-0.4, -0.2) is 4.98 Å². The average Bonchev–Trinajstić information content (AvgIpc) is 2.72. The monoisotopic (exact) mass is 272 g/mol. The maximum Gasteiger partial charge on any atom is 0.416 e. The first kappa shape index (κ1) is 12.9. The summed E-state index contributed by atoms with van der Waals surface area (Å²) in [6, 6.07) is 5.20. The van der Waals surface area contributed by atoms with E-state index in [0.717, 1.165) is 23.4 Å². The summed E-state index contributed by atoms with van der Waals surface area (Å²) in [6.45, 7) is 0. The van der Waals surface area contributed by atoms with Gasteiger partial charge in [-0.3, -0.25) is 0 Å². The number of nitrogen functional groups attached to an aromatic ring is 1. The van der Waals surface area contributed by atoms with Crippen LogP contribution in [0.15, 0.2) is 29.6 Å². The molecule has 0 radical (unpaired) electrons. The van der Waals surface area contributed by atoms with Gasteiger partial charge in [-0.15, -0.1) is 11.3 Å². The topological polar surface area (TPSA) is 38.9 Å². The van der Waals surface area contributed by atoms with Crippen molar-refractivity contribution in [2.24, 2.45) is 0 Å². The maximum atomic E-state index is 12.4. The number of anilines is 1. The molecule has 6 heteroatoms. The summed E-state index contributed by atoms with van der Waals surface area (Å²) in [5, 5.41) is 2.37. The Morgan fingerprint density at radius 1 is 1.11 bits per heavy atom. The normalized spacial score (nSPS) is 11.7. The number of aromatic nitrogens is 1. The van der Waals surface area contributed by atoms with Crippen LogP contribution in [-0.2, 0) is 19.0 Å². The van der Waals surface area contributed by atoms with Crippen LogP contribution < -0.4 is 5.73 Å². The highest BCUT2D eigenvalue weighted by atomic mass is 32.1. The molecule has 1 aromatic heterocycles. The number of aryl methyl sites for hydroxylation is 2. The summed E-state index contributed by atoms with van der Waals surface area (Å²) < 4.78 is 37.1. The second-order valence-corrected chi connectivity index (χ2v) is 4.76. The molecule has 1 heterocycles. The number of thiazole rings is 1. The Morgan fingerprint density at radius 3 is 2.28 bits per heavy atom. The second kappa shape index (κ2) is 4.97. The smallest absolute Gasteiger partial charge is 0.375 e. The molecular formula is C12H11F3N2S. The van der Waals surface area contributed by atoms with Crippen molar-refractivity contribution in [3.63, 3.8) is 0 Å². The lowest BCUT2D eigenvalue weighted by Gasteiger charge is -2.07. The van der Waals surface area contributed by atoms with Gasteiger partial charge in [0, 0.05) is 5.38 Å². The van der Waals surface area contributed by atoms with E-state index >= 15 is 0 Å². The second-order valence-electron chi connectivity index (χ2n) is 3.87. The highest BCUT2D eigenvalue weighted by Crippen LogP contribution is 2.29. The minimum absolute atomic E-state index is 0.511. The third-order valence-corrected chi connectivity index (χ3v) is 3.24. The Labute approximate surface area is 106 Å². The van der Waals surface area contributed by atoms with Crippen LogP contribution in [0.1, 0.15) is 16.8 Å². The number of halogens is 3. The molecule has 0 spiro atoms. The van der Waals surface area contributed by atoms with E-state index in [4.69, 9.17) is 5.73 Å². The standard InChI is InChI=1S/C12H11F3N2S/c13-12(14,15)9-4-1-8(2-5-9)3-6-10-7-18-11(16)17-10/h1-2,4-5,7H,3,6H2,(H2,16,17). The van der Waals surface area contributed by atoms with E-state index in [1.165, 1.54) is 23.5 Å². The Kier molecular flexibility index (Phi) is 3.56. The van der Waals surface area contributed by atoms with Crippen LogP contribution in [0.4, 0.5) is 18.3 Å². The number of benzene rings is 1. The third-order valence-electron chi connectivity index (χ3n) is 2.52. The van der Waals surface area contributed by atoms with Crippen molar-refractivity contribution in [2.45, 2.75) is 19.0 Å². The first-order valence-electron chi connectivity index (χ1n) is 5.31. The number of hydrogen-bond donors (Lipinski definition) is 1. The van der Waals surface area contributed by atoms with Crippen LogP contribution in [0.25, 0.3) is 0 Å². The van der Waals surface area contributed by atoms with Gasteiger partial charge in [-0.1, -0.05) is 12.1 Å². The van der Waals surface area contributed by atoms with Gasteiger partial charge in [0.2, 0.25) is 0 Å². The molecule has 0 aliphatic heterocycles. The van der Waals surface area contributed by atoms with Crippen LogP contribution >= 0.6 is 11.3 Å². The van der Waals surface area contributed by atoms with Gasteiger partial charge in [0.05, 0.1) is 11.3 Å². The molecule has 0 aliphatic carbocycles. The van der Waals surface area contributed by atoms with Crippen LogP contribution in [0.5, 0.6) is 0 Å². The van der Waals surface area contributed by atoms with Gasteiger partial charge in [0.1, 0.15) is 0 Å². The number of alkyl halides is 3. The minimum Gasteiger partial charge on any atom is -0.375 e. The molecule has 0 fully saturated rings. The number of rotatable bonds is 3. The summed E-state index contributed by atoms with van der Waals surface area (Å²) >= 11 is 1.36. The van der Waals surface area contributed by atoms with Crippen molar-refractivity contribution in [3.05, 3.63) is 46.5 Å². The summed E-state index contributed by atoms with van der Waals surface area (Å²) in [5.74, 6) is 0. The third kappa shape index (κ3) is 3.22. The summed E-state index contributed by atoms with van der Waals surface area (Å²) in [5.41, 5.74) is 6.61. The molecule has 2 aromatic rings. The Morgan fingerprint density at radius 2 is 1.78 bits per heavy atom. The first-order chi connectivity index (χ1) is 8.45. The van der Waals surface area contributed by atoms with Crippen LogP contribution in [0.2, 0.25) is 0 Å². The predicted octanol–water partition coefficient (Wildman–Crippen LogP) is 3.53. The van der Waals surface area contributed by atoms with Crippen molar-refractivity contribution in [2.75, 3.05) is 5.73 Å². The van der Waals surface area contributed by atoms with Crippen molar-refractivity contribution in [1.82, 2.24) is 4.98 Å². The molecule has 0 saturated heterocycles. The fraction of sp³-hybridized carbons (Fsp3) is 0.250. The number of nitrogens with two attached hydrogens (primary N) is 1. The van der Waals surface area contributed by atoms with E-state index in [1.807, 2.05) is 5.38 Å². The van der Waals surface area contributed by atoms with Crippen molar-refractivity contribution in [3.8, 4) is 0 Å². The van der Waals surface area contributed by atoms with Gasteiger partial charge in [-0.25, -0.2) is 4.98 Å². The summed E-state index contributed by atoms with van der Waals surface area (Å²) in [6.07, 6.45) is -2.94. The van der Waals surface area contributed by atoms with Gasteiger partial charge in [-0.05, 0) is 30.5 Å². The lowest BCUT2D eigenvalue weighted by Crippen LogP contribution is -2.04. The molecule has 0 saturated carbocycles. The number of hydrogen-bond acceptors (Lipinski definition) is 3. The van der Waals surface area contributed by atoms with E-state index in [2.05, 4.69) is 4.98 Å². The molecule has 2 rings (SSSR count). The van der Waals surface area contributed by atoms with E-state index < -0.39 is 11.7 Å². The molecule has 96 valence electrons. The highest BCUT2D eigenvalue weighted by molar-refractivity contribution is 7.13. The lowest BCUT2D eigenvalue weighted by molar-refractivity contribution is -0.137. The molecule has 0 bridgehead atoms. The largest absolute Gasteiger partial charge is 0.416 e. The zero-order valence-electron chi connectivity index (χ0n) is 9.37. The summed E-state index contributed by atoms with van der Waals surface area (Å²) in [4.78, 5) is 4.10. The SMILES string of the molecule is Nc1nc(CCc2ccc(C(F)(F)F)cc2)cs1. The summed E-state index contributed by atoms with van der Waals surface area (Å²) in [7, 11) is 0. The predicted molar refractivity (Wildman–Crippen MR) is 65.4 cm³/mol. The molecule has 2 nitrogen and oxygen atoms in total. The Hall–Kier alpha value is -1.56. The van der Waals surface area contributed by atoms with Crippen LogP contribution in [0.3, 0.4) is 0 Å². The Balaban J connectivity index is 1.98. The van der Waals surface area contributed by atoms with Gasteiger partial charge in [-0.2, -0.15) is 13.2 Å². The van der Waals surface area contributed by atoms with Crippen molar-refractivity contribution >= 4 is 16.5 Å². The molecule has 0 aliphatic rings. The molecule has 1 aromatic carbocycles. The molecular weight excluding hydrogens is 261 g/mol. The van der Waals surface area contributed by atoms with Crippen molar-refractivity contribution in [1.29, 1.82) is 0 Å². The fourth-order valence-corrected chi connectivity index (χ4v) is 2.17. The Bertz CT molecular complexity index is 517. The van der Waals surface area contributed by atoms with E-state index in [0.29, 0.717) is 18.0 Å². The van der Waals surface area contributed by atoms with Crippen molar-refractivity contribution < 1.29 is 13.2 Å². The number of nitrogens with zero attached hydrogens (tertiary/aromatic N) is 1. The van der Waals surface area contributed by atoms with Gasteiger partial charge >= 0.3 is 6.18 Å². The fourth-order valence-electron chi connectivity index (χ4n) is 1.57. The van der Waals surface area contributed by atoms with E-state index in [9.17, 15) is 13.2 Å².